The van der Waals surface area contributed by atoms with Crippen molar-refractivity contribution in [1.29, 1.82) is 0 Å². The molecule has 0 unspecified atom stereocenters. The number of amides is 2. The van der Waals surface area contributed by atoms with E-state index in [2.05, 4.69) is 15.7 Å². The van der Waals surface area contributed by atoms with E-state index in [0.717, 1.165) is 22.6 Å². The predicted molar refractivity (Wildman–Crippen MR) is 121 cm³/mol. The number of nitrogens with zero attached hydrogens (tertiary/aromatic N) is 2. The summed E-state index contributed by atoms with van der Waals surface area (Å²) >= 11 is 6.22. The maximum absolute atomic E-state index is 12.7. The molecule has 156 valence electrons. The molecule has 1 aromatic heterocycles. The number of rotatable bonds is 5. The second-order valence-electron chi connectivity index (χ2n) is 7.57. The lowest BCUT2D eigenvalue weighted by Crippen LogP contribution is -2.18. The van der Waals surface area contributed by atoms with Crippen LogP contribution in [0.15, 0.2) is 42.5 Å². The molecular weight excluding hydrogens is 400 g/mol. The molecule has 6 nitrogen and oxygen atoms in total. The van der Waals surface area contributed by atoms with Crippen LogP contribution in [-0.4, -0.2) is 21.6 Å². The van der Waals surface area contributed by atoms with E-state index in [-0.39, 0.29) is 17.7 Å². The van der Waals surface area contributed by atoms with Gasteiger partial charge in [0.15, 0.2) is 0 Å². The van der Waals surface area contributed by atoms with Crippen molar-refractivity contribution in [3.63, 3.8) is 0 Å². The van der Waals surface area contributed by atoms with Gasteiger partial charge in [0.2, 0.25) is 5.91 Å². The summed E-state index contributed by atoms with van der Waals surface area (Å²) in [5.74, 6) is -0.431. The molecule has 0 radical (unpaired) electrons. The molecule has 0 saturated heterocycles. The number of hydrogen-bond acceptors (Lipinski definition) is 3. The molecule has 0 spiro atoms. The Balaban J connectivity index is 1.77. The van der Waals surface area contributed by atoms with Gasteiger partial charge in [-0.2, -0.15) is 5.10 Å². The minimum atomic E-state index is -0.233. The first-order chi connectivity index (χ1) is 14.2. The summed E-state index contributed by atoms with van der Waals surface area (Å²) in [6, 6.07) is 12.6. The molecule has 0 atom stereocenters. The minimum Gasteiger partial charge on any atom is -0.326 e. The van der Waals surface area contributed by atoms with Crippen molar-refractivity contribution in [3.8, 4) is 5.69 Å². The van der Waals surface area contributed by atoms with Crippen LogP contribution < -0.4 is 10.6 Å². The lowest BCUT2D eigenvalue weighted by molar-refractivity contribution is -0.118. The zero-order chi connectivity index (χ0) is 22.0. The molecule has 0 fully saturated rings. The maximum Gasteiger partial charge on any atom is 0.255 e. The van der Waals surface area contributed by atoms with E-state index in [0.29, 0.717) is 22.0 Å². The average molecular weight is 425 g/mol. The Labute approximate surface area is 181 Å². The fourth-order valence-electron chi connectivity index (χ4n) is 2.94. The van der Waals surface area contributed by atoms with Crippen LogP contribution >= 0.6 is 11.6 Å². The van der Waals surface area contributed by atoms with Crippen molar-refractivity contribution < 1.29 is 9.59 Å². The number of aromatic nitrogens is 2. The van der Waals surface area contributed by atoms with Crippen molar-refractivity contribution in [2.24, 2.45) is 5.92 Å². The SMILES string of the molecule is Cc1ccc(NC(=O)C(C)C)cc1NC(=O)c1ccc(-n2nc(C)c(Cl)c2C)cc1. The van der Waals surface area contributed by atoms with Crippen LogP contribution in [0.2, 0.25) is 5.02 Å². The molecule has 2 aromatic carbocycles. The van der Waals surface area contributed by atoms with E-state index in [1.165, 1.54) is 0 Å². The van der Waals surface area contributed by atoms with Crippen LogP contribution in [0.3, 0.4) is 0 Å². The number of aryl methyl sites for hydroxylation is 2. The standard InChI is InChI=1S/C23H25ClN4O2/c1-13(2)22(29)25-18-9-6-14(3)20(12-18)26-23(30)17-7-10-19(11-8-17)28-16(5)21(24)15(4)27-28/h6-13H,1-5H3,(H,25,29)(H,26,30). The van der Waals surface area contributed by atoms with Gasteiger partial charge in [-0.25, -0.2) is 4.68 Å². The van der Waals surface area contributed by atoms with Gasteiger partial charge in [-0.05, 0) is 62.7 Å². The van der Waals surface area contributed by atoms with Crippen molar-refractivity contribution in [2.45, 2.75) is 34.6 Å². The van der Waals surface area contributed by atoms with Gasteiger partial charge < -0.3 is 10.6 Å². The quantitative estimate of drug-likeness (QED) is 0.583. The highest BCUT2D eigenvalue weighted by atomic mass is 35.5. The number of benzene rings is 2. The van der Waals surface area contributed by atoms with Crippen molar-refractivity contribution in [2.75, 3.05) is 10.6 Å². The first kappa shape index (κ1) is 21.6. The van der Waals surface area contributed by atoms with Crippen molar-refractivity contribution in [1.82, 2.24) is 9.78 Å². The Morgan fingerprint density at radius 1 is 1.00 bits per heavy atom. The molecule has 7 heteroatoms. The van der Waals surface area contributed by atoms with E-state index in [9.17, 15) is 9.59 Å². The van der Waals surface area contributed by atoms with Gasteiger partial charge in [-0.3, -0.25) is 9.59 Å². The van der Waals surface area contributed by atoms with Crippen molar-refractivity contribution in [3.05, 3.63) is 70.0 Å². The molecule has 3 aromatic rings. The van der Waals surface area contributed by atoms with Gasteiger partial charge in [0.05, 0.1) is 22.1 Å². The maximum atomic E-state index is 12.7. The number of carbonyl (C=O) groups is 2. The molecular formula is C23H25ClN4O2. The van der Waals surface area contributed by atoms with Crippen LogP contribution in [0.25, 0.3) is 5.69 Å². The highest BCUT2D eigenvalue weighted by molar-refractivity contribution is 6.31. The molecule has 0 bridgehead atoms. The third-order valence-electron chi connectivity index (χ3n) is 4.85. The molecule has 0 aliphatic carbocycles. The number of carbonyl (C=O) groups excluding carboxylic acids is 2. The molecule has 2 N–H and O–H groups in total. The summed E-state index contributed by atoms with van der Waals surface area (Å²) < 4.78 is 1.75. The summed E-state index contributed by atoms with van der Waals surface area (Å²) in [4.78, 5) is 24.7. The Hall–Kier alpha value is -3.12. The van der Waals surface area contributed by atoms with Crippen LogP contribution in [0.5, 0.6) is 0 Å². The van der Waals surface area contributed by atoms with Gasteiger partial charge in [0, 0.05) is 22.9 Å². The third kappa shape index (κ3) is 4.54. The lowest BCUT2D eigenvalue weighted by atomic mass is 10.1. The number of nitrogens with one attached hydrogen (secondary N) is 2. The Kier molecular flexibility index (Phi) is 6.27. The highest BCUT2D eigenvalue weighted by Gasteiger charge is 2.13. The van der Waals surface area contributed by atoms with Gasteiger partial charge >= 0.3 is 0 Å². The topological polar surface area (TPSA) is 76.0 Å². The van der Waals surface area contributed by atoms with Gasteiger partial charge in [-0.1, -0.05) is 31.5 Å². The van der Waals surface area contributed by atoms with Gasteiger partial charge in [-0.15, -0.1) is 0 Å². The normalized spacial score (nSPS) is 10.9. The Morgan fingerprint density at radius 2 is 1.67 bits per heavy atom. The van der Waals surface area contributed by atoms with Crippen LogP contribution in [0.1, 0.15) is 41.2 Å². The fraction of sp³-hybridized carbons (Fsp3) is 0.261. The Bertz CT molecular complexity index is 1100. The van der Waals surface area contributed by atoms with E-state index in [4.69, 9.17) is 11.6 Å². The minimum absolute atomic E-state index is 0.0732. The van der Waals surface area contributed by atoms with Gasteiger partial charge in [0.1, 0.15) is 0 Å². The number of halogens is 1. The number of hydrogen-bond donors (Lipinski definition) is 2. The van der Waals surface area contributed by atoms with Gasteiger partial charge in [0.25, 0.3) is 5.91 Å². The van der Waals surface area contributed by atoms with E-state index in [1.54, 1.807) is 22.9 Å². The third-order valence-corrected chi connectivity index (χ3v) is 5.40. The number of anilines is 2. The second kappa shape index (κ2) is 8.71. The largest absolute Gasteiger partial charge is 0.326 e. The van der Waals surface area contributed by atoms with Crippen LogP contribution in [0, 0.1) is 26.7 Å². The predicted octanol–water partition coefficient (Wildman–Crippen LogP) is 5.30. The first-order valence-corrected chi connectivity index (χ1v) is 10.1. The average Bonchev–Trinajstić information content (AvgIpc) is 2.97. The highest BCUT2D eigenvalue weighted by Crippen LogP contribution is 2.24. The lowest BCUT2D eigenvalue weighted by Gasteiger charge is -2.13. The van der Waals surface area contributed by atoms with Crippen LogP contribution in [-0.2, 0) is 4.79 Å². The summed E-state index contributed by atoms with van der Waals surface area (Å²) in [6.45, 7) is 9.32. The molecule has 0 saturated carbocycles. The molecule has 3 rings (SSSR count). The van der Waals surface area contributed by atoms with Crippen LogP contribution in [0.4, 0.5) is 11.4 Å². The summed E-state index contributed by atoms with van der Waals surface area (Å²) in [7, 11) is 0. The molecule has 1 heterocycles. The zero-order valence-corrected chi connectivity index (χ0v) is 18.5. The summed E-state index contributed by atoms with van der Waals surface area (Å²) in [5, 5.41) is 10.8. The zero-order valence-electron chi connectivity index (χ0n) is 17.7. The van der Waals surface area contributed by atoms with E-state index < -0.39 is 0 Å². The van der Waals surface area contributed by atoms with Crippen molar-refractivity contribution >= 4 is 34.8 Å². The molecule has 0 aliphatic heterocycles. The van der Waals surface area contributed by atoms with E-state index >= 15 is 0 Å². The molecule has 30 heavy (non-hydrogen) atoms. The Morgan fingerprint density at radius 3 is 2.23 bits per heavy atom. The molecule has 2 amide bonds. The van der Waals surface area contributed by atoms with E-state index in [1.807, 2.05) is 58.9 Å². The smallest absolute Gasteiger partial charge is 0.255 e. The summed E-state index contributed by atoms with van der Waals surface area (Å²) in [6.07, 6.45) is 0. The monoisotopic (exact) mass is 424 g/mol. The summed E-state index contributed by atoms with van der Waals surface area (Å²) in [5.41, 5.74) is 5.15. The molecule has 0 aliphatic rings. The first-order valence-electron chi connectivity index (χ1n) is 9.72. The fourth-order valence-corrected chi connectivity index (χ4v) is 3.06. The second-order valence-corrected chi connectivity index (χ2v) is 7.95.